The van der Waals surface area contributed by atoms with Gasteiger partial charge in [-0.1, -0.05) is 6.07 Å². The van der Waals surface area contributed by atoms with Crippen molar-refractivity contribution < 1.29 is 18.8 Å². The maximum Gasteiger partial charge on any atom is 0.243 e. The van der Waals surface area contributed by atoms with E-state index >= 15 is 0 Å². The minimum Gasteiger partial charge on any atom is -0.336 e. The van der Waals surface area contributed by atoms with Crippen LogP contribution in [0.25, 0.3) is 0 Å². The number of anilines is 2. The van der Waals surface area contributed by atoms with Gasteiger partial charge in [-0.25, -0.2) is 9.37 Å². The minimum absolute atomic E-state index is 0.0439. The molecule has 142 valence electrons. The molecule has 2 aromatic rings. The molecule has 3 rings (SSSR count). The first-order valence-electron chi connectivity index (χ1n) is 8.46. The maximum absolute atomic E-state index is 13.1. The Morgan fingerprint density at radius 1 is 1.41 bits per heavy atom. The summed E-state index contributed by atoms with van der Waals surface area (Å²) in [7, 11) is 1.52. The summed E-state index contributed by atoms with van der Waals surface area (Å²) in [6.45, 7) is 0.497. The molecule has 3 amide bonds. The van der Waals surface area contributed by atoms with Gasteiger partial charge in [0.2, 0.25) is 17.7 Å². The third kappa shape index (κ3) is 4.88. The van der Waals surface area contributed by atoms with Crippen molar-refractivity contribution in [3.8, 4) is 0 Å². The number of nitrogens with one attached hydrogen (secondary N) is 1. The van der Waals surface area contributed by atoms with Crippen molar-refractivity contribution in [2.45, 2.75) is 19.3 Å². The number of likely N-dealkylation sites (N-methyl/N-ethyl adjacent to an activating group) is 1. The molecular formula is C18H19FN4O3S. The summed E-state index contributed by atoms with van der Waals surface area (Å²) < 4.78 is 13.1. The summed E-state index contributed by atoms with van der Waals surface area (Å²) in [5, 5.41) is 4.90. The van der Waals surface area contributed by atoms with Crippen molar-refractivity contribution in [1.29, 1.82) is 0 Å². The lowest BCUT2D eigenvalue weighted by atomic mass is 10.3. The minimum atomic E-state index is -0.451. The summed E-state index contributed by atoms with van der Waals surface area (Å²) in [6.07, 6.45) is 1.38. The van der Waals surface area contributed by atoms with Gasteiger partial charge < -0.3 is 10.2 Å². The molecular weight excluding hydrogens is 371 g/mol. The molecule has 1 saturated heterocycles. The Hall–Kier alpha value is -2.81. The molecule has 0 spiro atoms. The van der Waals surface area contributed by atoms with E-state index in [0.29, 0.717) is 29.5 Å². The SMILES string of the molecule is CN(CC(=O)Nc1cccc(F)c1)C(=O)Cc1csc(N2CCCC2=O)n1. The molecule has 1 aromatic carbocycles. The first kappa shape index (κ1) is 19.0. The number of hydrogen-bond donors (Lipinski definition) is 1. The highest BCUT2D eigenvalue weighted by molar-refractivity contribution is 7.14. The van der Waals surface area contributed by atoms with E-state index in [0.717, 1.165) is 6.42 Å². The molecule has 0 saturated carbocycles. The van der Waals surface area contributed by atoms with Gasteiger partial charge in [-0.3, -0.25) is 19.3 Å². The molecule has 1 N–H and O–H groups in total. The average molecular weight is 390 g/mol. The molecule has 0 unspecified atom stereocenters. The highest BCUT2D eigenvalue weighted by atomic mass is 32.1. The monoisotopic (exact) mass is 390 g/mol. The van der Waals surface area contributed by atoms with Crippen LogP contribution in [0, 0.1) is 5.82 Å². The highest BCUT2D eigenvalue weighted by Gasteiger charge is 2.24. The van der Waals surface area contributed by atoms with Gasteiger partial charge in [0.15, 0.2) is 5.13 Å². The van der Waals surface area contributed by atoms with E-state index < -0.39 is 11.7 Å². The summed E-state index contributed by atoms with van der Waals surface area (Å²) in [6, 6.07) is 5.54. The van der Waals surface area contributed by atoms with E-state index in [1.165, 1.54) is 41.5 Å². The molecule has 9 heteroatoms. The largest absolute Gasteiger partial charge is 0.336 e. The summed E-state index contributed by atoms with van der Waals surface area (Å²) in [5.74, 6) is -1.09. The first-order chi connectivity index (χ1) is 12.9. The van der Waals surface area contributed by atoms with E-state index in [-0.39, 0.29) is 24.8 Å². The van der Waals surface area contributed by atoms with Crippen LogP contribution >= 0.6 is 11.3 Å². The number of thiazole rings is 1. The van der Waals surface area contributed by atoms with Gasteiger partial charge in [0.05, 0.1) is 18.7 Å². The molecule has 1 aliphatic rings. The summed E-state index contributed by atoms with van der Waals surface area (Å²) in [5.41, 5.74) is 0.900. The zero-order valence-corrected chi connectivity index (χ0v) is 15.6. The Morgan fingerprint density at radius 3 is 2.93 bits per heavy atom. The van der Waals surface area contributed by atoms with Gasteiger partial charge in [0, 0.05) is 31.1 Å². The Labute approximate surface area is 159 Å². The van der Waals surface area contributed by atoms with Gasteiger partial charge in [-0.2, -0.15) is 0 Å². The highest BCUT2D eigenvalue weighted by Crippen LogP contribution is 2.25. The van der Waals surface area contributed by atoms with Crippen LogP contribution in [-0.2, 0) is 20.8 Å². The number of hydrogen-bond acceptors (Lipinski definition) is 5. The zero-order valence-electron chi connectivity index (χ0n) is 14.8. The second-order valence-electron chi connectivity index (χ2n) is 6.26. The molecule has 1 aliphatic heterocycles. The number of carbonyl (C=O) groups excluding carboxylic acids is 3. The lowest BCUT2D eigenvalue weighted by Crippen LogP contribution is -2.35. The molecule has 0 bridgehead atoms. The molecule has 27 heavy (non-hydrogen) atoms. The second kappa shape index (κ2) is 8.26. The van der Waals surface area contributed by atoms with Crippen LogP contribution in [0.5, 0.6) is 0 Å². The second-order valence-corrected chi connectivity index (χ2v) is 7.09. The Morgan fingerprint density at radius 2 is 2.22 bits per heavy atom. The summed E-state index contributed by atoms with van der Waals surface area (Å²) >= 11 is 1.33. The fraction of sp³-hybridized carbons (Fsp3) is 0.333. The Balaban J connectivity index is 1.52. The van der Waals surface area contributed by atoms with Crippen LogP contribution < -0.4 is 10.2 Å². The van der Waals surface area contributed by atoms with Gasteiger partial charge in [0.25, 0.3) is 0 Å². The lowest BCUT2D eigenvalue weighted by molar-refractivity contribution is -0.132. The molecule has 7 nitrogen and oxygen atoms in total. The van der Waals surface area contributed by atoms with Gasteiger partial charge in [-0.15, -0.1) is 11.3 Å². The normalized spacial score (nSPS) is 13.7. The van der Waals surface area contributed by atoms with Crippen LogP contribution in [0.15, 0.2) is 29.6 Å². The van der Waals surface area contributed by atoms with Crippen LogP contribution in [-0.4, -0.2) is 47.7 Å². The van der Waals surface area contributed by atoms with Gasteiger partial charge in [-0.05, 0) is 24.6 Å². The standard InChI is InChI=1S/C18H19FN4O3S/c1-22(10-15(24)20-13-5-2-4-12(19)8-13)17(26)9-14-11-27-18(21-14)23-7-3-6-16(23)25/h2,4-5,8,11H,3,6-7,9-10H2,1H3,(H,20,24). The zero-order chi connectivity index (χ0) is 19.4. The summed E-state index contributed by atoms with van der Waals surface area (Å²) in [4.78, 5) is 43.4. The number of carbonyl (C=O) groups is 3. The third-order valence-corrected chi connectivity index (χ3v) is 5.00. The van der Waals surface area contributed by atoms with Crippen LogP contribution in [0.4, 0.5) is 15.2 Å². The molecule has 0 radical (unpaired) electrons. The maximum atomic E-state index is 13.1. The van der Waals surface area contributed by atoms with Crippen molar-refractivity contribution in [3.05, 3.63) is 41.2 Å². The van der Waals surface area contributed by atoms with E-state index in [4.69, 9.17) is 0 Å². The van der Waals surface area contributed by atoms with E-state index in [1.54, 1.807) is 16.3 Å². The smallest absolute Gasteiger partial charge is 0.243 e. The molecule has 2 heterocycles. The predicted octanol–water partition coefficient (Wildman–Crippen LogP) is 2.05. The number of halogens is 1. The molecule has 0 atom stereocenters. The number of rotatable bonds is 6. The molecule has 0 aliphatic carbocycles. The topological polar surface area (TPSA) is 82.6 Å². The quantitative estimate of drug-likeness (QED) is 0.818. The van der Waals surface area contributed by atoms with Crippen LogP contribution in [0.2, 0.25) is 0 Å². The van der Waals surface area contributed by atoms with E-state index in [1.807, 2.05) is 0 Å². The van der Waals surface area contributed by atoms with E-state index in [2.05, 4.69) is 10.3 Å². The van der Waals surface area contributed by atoms with Crippen LogP contribution in [0.1, 0.15) is 18.5 Å². The van der Waals surface area contributed by atoms with Gasteiger partial charge >= 0.3 is 0 Å². The van der Waals surface area contributed by atoms with Crippen molar-refractivity contribution >= 4 is 39.9 Å². The number of aromatic nitrogens is 1. The number of nitrogens with zero attached hydrogens (tertiary/aromatic N) is 3. The lowest BCUT2D eigenvalue weighted by Gasteiger charge is -2.16. The fourth-order valence-electron chi connectivity index (χ4n) is 2.71. The van der Waals surface area contributed by atoms with Crippen LogP contribution in [0.3, 0.4) is 0 Å². The van der Waals surface area contributed by atoms with Crippen molar-refractivity contribution in [2.75, 3.05) is 30.4 Å². The Kier molecular flexibility index (Phi) is 5.80. The third-order valence-electron chi connectivity index (χ3n) is 4.09. The van der Waals surface area contributed by atoms with Crippen molar-refractivity contribution in [2.24, 2.45) is 0 Å². The first-order valence-corrected chi connectivity index (χ1v) is 9.34. The Bertz CT molecular complexity index is 870. The predicted molar refractivity (Wildman–Crippen MR) is 100 cm³/mol. The van der Waals surface area contributed by atoms with Crippen molar-refractivity contribution in [1.82, 2.24) is 9.88 Å². The fourth-order valence-corrected chi connectivity index (χ4v) is 3.58. The van der Waals surface area contributed by atoms with E-state index in [9.17, 15) is 18.8 Å². The van der Waals surface area contributed by atoms with Crippen molar-refractivity contribution in [3.63, 3.8) is 0 Å². The van der Waals surface area contributed by atoms with Gasteiger partial charge in [0.1, 0.15) is 5.82 Å². The average Bonchev–Trinajstić information content (AvgIpc) is 3.23. The molecule has 1 aromatic heterocycles. The number of benzene rings is 1. The molecule has 1 fully saturated rings. The number of amides is 3.